The number of carbonyl (C=O) groups is 1. The van der Waals surface area contributed by atoms with Crippen LogP contribution in [0, 0.1) is 5.92 Å². The smallest absolute Gasteiger partial charge is 0.320 e. The van der Waals surface area contributed by atoms with Gasteiger partial charge >= 0.3 is 5.97 Å². The number of rotatable bonds is 8. The van der Waals surface area contributed by atoms with Crippen LogP contribution in [0.5, 0.6) is 0 Å². The molecule has 7 nitrogen and oxygen atoms in total. The van der Waals surface area contributed by atoms with Crippen molar-refractivity contribution in [1.82, 2.24) is 25.5 Å². The van der Waals surface area contributed by atoms with Gasteiger partial charge in [0.05, 0.1) is 6.54 Å². The van der Waals surface area contributed by atoms with Crippen LogP contribution in [0.25, 0.3) is 0 Å². The first kappa shape index (κ1) is 12.9. The average Bonchev–Trinajstić information content (AvgIpc) is 3.07. The lowest BCUT2D eigenvalue weighted by atomic mass is 10.2. The topological polar surface area (TPSA) is 92.9 Å². The standard InChI is InChI=1S/C11H19N5O2/c1-2-3-6-16-9(13-14-15-16)7-12-10(11(17)18)8-4-5-8/h8,10,12H,2-7H2,1H3,(H,17,18). The molecule has 1 unspecified atom stereocenters. The summed E-state index contributed by atoms with van der Waals surface area (Å²) in [5, 5.41) is 23.6. The molecule has 7 heteroatoms. The second-order valence-electron chi connectivity index (χ2n) is 4.71. The van der Waals surface area contributed by atoms with Crippen LogP contribution in [0.4, 0.5) is 0 Å². The molecule has 1 saturated carbocycles. The number of hydrogen-bond acceptors (Lipinski definition) is 5. The Morgan fingerprint density at radius 1 is 1.61 bits per heavy atom. The Morgan fingerprint density at radius 3 is 3.00 bits per heavy atom. The van der Waals surface area contributed by atoms with Gasteiger partial charge in [-0.3, -0.25) is 10.1 Å². The molecule has 0 radical (unpaired) electrons. The second kappa shape index (κ2) is 5.90. The van der Waals surface area contributed by atoms with Gasteiger partial charge in [-0.1, -0.05) is 13.3 Å². The van der Waals surface area contributed by atoms with Gasteiger partial charge in [-0.05, 0) is 35.6 Å². The highest BCUT2D eigenvalue weighted by atomic mass is 16.4. The highest BCUT2D eigenvalue weighted by Crippen LogP contribution is 2.32. The largest absolute Gasteiger partial charge is 0.480 e. The zero-order valence-electron chi connectivity index (χ0n) is 10.5. The molecule has 1 aliphatic rings. The number of tetrazole rings is 1. The first-order valence-electron chi connectivity index (χ1n) is 6.43. The first-order chi connectivity index (χ1) is 8.72. The Morgan fingerprint density at radius 2 is 2.39 bits per heavy atom. The average molecular weight is 253 g/mol. The van der Waals surface area contributed by atoms with Crippen LogP contribution >= 0.6 is 0 Å². The zero-order chi connectivity index (χ0) is 13.0. The molecule has 1 aliphatic carbocycles. The Balaban J connectivity index is 1.88. The van der Waals surface area contributed by atoms with Crippen molar-refractivity contribution in [3.63, 3.8) is 0 Å². The molecule has 0 aliphatic heterocycles. The van der Waals surface area contributed by atoms with Crippen molar-refractivity contribution < 1.29 is 9.90 Å². The van der Waals surface area contributed by atoms with Crippen LogP contribution in [0.15, 0.2) is 0 Å². The van der Waals surface area contributed by atoms with E-state index in [-0.39, 0.29) is 5.92 Å². The molecule has 1 fully saturated rings. The number of nitrogens with one attached hydrogen (secondary N) is 1. The number of carboxylic acids is 1. The summed E-state index contributed by atoms with van der Waals surface area (Å²) in [7, 11) is 0. The monoisotopic (exact) mass is 253 g/mol. The molecule has 100 valence electrons. The quantitative estimate of drug-likeness (QED) is 0.697. The van der Waals surface area contributed by atoms with Crippen LogP contribution in [-0.2, 0) is 17.9 Å². The summed E-state index contributed by atoms with van der Waals surface area (Å²) in [5.41, 5.74) is 0. The highest BCUT2D eigenvalue weighted by molar-refractivity contribution is 5.74. The molecule has 0 spiro atoms. The molecule has 1 aromatic heterocycles. The summed E-state index contributed by atoms with van der Waals surface area (Å²) in [6.45, 7) is 3.29. The van der Waals surface area contributed by atoms with Gasteiger partial charge in [0.25, 0.3) is 0 Å². The first-order valence-corrected chi connectivity index (χ1v) is 6.43. The third kappa shape index (κ3) is 3.25. The predicted octanol–water partition coefficient (Wildman–Crippen LogP) is 0.426. The summed E-state index contributed by atoms with van der Waals surface area (Å²) in [5.74, 6) is 0.183. The Hall–Kier alpha value is -1.50. The summed E-state index contributed by atoms with van der Waals surface area (Å²) in [6, 6.07) is -0.471. The van der Waals surface area contributed by atoms with Gasteiger partial charge in [-0.15, -0.1) is 5.10 Å². The number of nitrogens with zero attached hydrogens (tertiary/aromatic N) is 4. The lowest BCUT2D eigenvalue weighted by Gasteiger charge is -2.12. The molecule has 2 N–H and O–H groups in total. The van der Waals surface area contributed by atoms with Crippen molar-refractivity contribution in [3.05, 3.63) is 5.82 Å². The van der Waals surface area contributed by atoms with Crippen molar-refractivity contribution in [1.29, 1.82) is 0 Å². The van der Waals surface area contributed by atoms with Crippen LogP contribution in [0.1, 0.15) is 38.4 Å². The van der Waals surface area contributed by atoms with E-state index in [9.17, 15) is 4.79 Å². The Kier molecular flexibility index (Phi) is 4.24. The van der Waals surface area contributed by atoms with E-state index in [0.717, 1.165) is 32.2 Å². The molecule has 1 atom stereocenters. The minimum Gasteiger partial charge on any atom is -0.480 e. The van der Waals surface area contributed by atoms with Gasteiger partial charge in [0, 0.05) is 6.54 Å². The fraction of sp³-hybridized carbons (Fsp3) is 0.818. The third-order valence-corrected chi connectivity index (χ3v) is 3.17. The fourth-order valence-corrected chi connectivity index (χ4v) is 1.92. The summed E-state index contributed by atoms with van der Waals surface area (Å²) < 4.78 is 1.74. The van der Waals surface area contributed by atoms with Gasteiger partial charge in [-0.25, -0.2) is 4.68 Å². The van der Waals surface area contributed by atoms with E-state index in [0.29, 0.717) is 12.4 Å². The molecule has 0 amide bonds. The number of aromatic nitrogens is 4. The zero-order valence-corrected chi connectivity index (χ0v) is 10.5. The van der Waals surface area contributed by atoms with Gasteiger partial charge in [0.15, 0.2) is 5.82 Å². The molecule has 1 aromatic rings. The minimum absolute atomic E-state index is 0.266. The van der Waals surface area contributed by atoms with Gasteiger partial charge < -0.3 is 5.11 Å². The van der Waals surface area contributed by atoms with Crippen LogP contribution < -0.4 is 5.32 Å². The van der Waals surface area contributed by atoms with Crippen molar-refractivity contribution >= 4 is 5.97 Å². The van der Waals surface area contributed by atoms with Crippen molar-refractivity contribution in [2.24, 2.45) is 5.92 Å². The highest BCUT2D eigenvalue weighted by Gasteiger charge is 2.36. The molecule has 2 rings (SSSR count). The molecular weight excluding hydrogens is 234 g/mol. The molecule has 0 bridgehead atoms. The third-order valence-electron chi connectivity index (χ3n) is 3.17. The van der Waals surface area contributed by atoms with Crippen molar-refractivity contribution in [2.45, 2.75) is 51.7 Å². The van der Waals surface area contributed by atoms with Crippen molar-refractivity contribution in [2.75, 3.05) is 0 Å². The second-order valence-corrected chi connectivity index (χ2v) is 4.71. The van der Waals surface area contributed by atoms with E-state index >= 15 is 0 Å². The van der Waals surface area contributed by atoms with E-state index in [2.05, 4.69) is 27.8 Å². The number of aliphatic carboxylic acids is 1. The lowest BCUT2D eigenvalue weighted by molar-refractivity contribution is -0.140. The van der Waals surface area contributed by atoms with Crippen molar-refractivity contribution in [3.8, 4) is 0 Å². The maximum Gasteiger partial charge on any atom is 0.320 e. The van der Waals surface area contributed by atoms with Gasteiger partial charge in [-0.2, -0.15) is 0 Å². The minimum atomic E-state index is -0.787. The number of carboxylic acid groups (broad SMARTS) is 1. The predicted molar refractivity (Wildman–Crippen MR) is 63.7 cm³/mol. The maximum atomic E-state index is 11.1. The fourth-order valence-electron chi connectivity index (χ4n) is 1.92. The Bertz CT molecular complexity index is 402. The Labute approximate surface area is 106 Å². The molecule has 0 aromatic carbocycles. The summed E-state index contributed by atoms with van der Waals surface area (Å²) in [4.78, 5) is 11.1. The number of unbranched alkanes of at least 4 members (excludes halogenated alkanes) is 1. The van der Waals surface area contributed by atoms with Crippen LogP contribution in [0.2, 0.25) is 0 Å². The number of aryl methyl sites for hydroxylation is 1. The van der Waals surface area contributed by atoms with Crippen LogP contribution in [-0.4, -0.2) is 37.3 Å². The lowest BCUT2D eigenvalue weighted by Crippen LogP contribution is -2.38. The maximum absolute atomic E-state index is 11.1. The number of hydrogen-bond donors (Lipinski definition) is 2. The van der Waals surface area contributed by atoms with E-state index in [1.165, 1.54) is 0 Å². The van der Waals surface area contributed by atoms with E-state index in [1.54, 1.807) is 4.68 Å². The summed E-state index contributed by atoms with van der Waals surface area (Å²) in [6.07, 6.45) is 4.07. The van der Waals surface area contributed by atoms with Gasteiger partial charge in [0.2, 0.25) is 0 Å². The SMILES string of the molecule is CCCCn1nnnc1CNC(C(=O)O)C1CC1. The van der Waals surface area contributed by atoms with Crippen LogP contribution in [0.3, 0.4) is 0 Å². The van der Waals surface area contributed by atoms with E-state index in [4.69, 9.17) is 5.11 Å². The summed E-state index contributed by atoms with van der Waals surface area (Å²) >= 11 is 0. The molecule has 1 heterocycles. The molecule has 18 heavy (non-hydrogen) atoms. The molecular formula is C11H19N5O2. The molecule has 0 saturated heterocycles. The normalized spacial score (nSPS) is 16.7. The van der Waals surface area contributed by atoms with Gasteiger partial charge in [0.1, 0.15) is 6.04 Å². The van der Waals surface area contributed by atoms with E-state index in [1.807, 2.05) is 0 Å². The van der Waals surface area contributed by atoms with E-state index < -0.39 is 12.0 Å².